The predicted octanol–water partition coefficient (Wildman–Crippen LogP) is 2.86. The number of hydrogen-bond donors (Lipinski definition) is 1. The molecule has 1 atom stereocenters. The zero-order valence-electron chi connectivity index (χ0n) is 15.8. The monoisotopic (exact) mass is 386 g/mol. The van der Waals surface area contributed by atoms with Gasteiger partial charge in [0, 0.05) is 24.7 Å². The molecule has 27 heavy (non-hydrogen) atoms. The van der Waals surface area contributed by atoms with Gasteiger partial charge >= 0.3 is 0 Å². The van der Waals surface area contributed by atoms with E-state index in [1.54, 1.807) is 54.6 Å². The highest BCUT2D eigenvalue weighted by Crippen LogP contribution is 2.28. The summed E-state index contributed by atoms with van der Waals surface area (Å²) < 4.78 is 25.2. The normalized spacial score (nSPS) is 19.7. The number of sulfone groups is 1. The van der Waals surface area contributed by atoms with E-state index in [-0.39, 0.29) is 28.0 Å². The summed E-state index contributed by atoms with van der Waals surface area (Å²) in [5.41, 5.74) is 7.15. The van der Waals surface area contributed by atoms with Crippen molar-refractivity contribution in [2.24, 2.45) is 11.1 Å². The molecule has 2 N–H and O–H groups in total. The first-order valence-electron chi connectivity index (χ1n) is 9.11. The molecule has 0 aliphatic carbocycles. The molecule has 0 aromatic heterocycles. The van der Waals surface area contributed by atoms with Crippen LogP contribution in [0.2, 0.25) is 0 Å². The largest absolute Gasteiger partial charge is 0.338 e. The molecular formula is C21H26N2O3S. The molecule has 1 heterocycles. The van der Waals surface area contributed by atoms with Gasteiger partial charge in [0.05, 0.1) is 10.6 Å². The molecule has 3 rings (SSSR count). The van der Waals surface area contributed by atoms with Gasteiger partial charge in [0.2, 0.25) is 0 Å². The van der Waals surface area contributed by atoms with Gasteiger partial charge in [-0.15, -0.1) is 0 Å². The van der Waals surface area contributed by atoms with E-state index < -0.39 is 9.84 Å². The van der Waals surface area contributed by atoms with Gasteiger partial charge in [-0.2, -0.15) is 0 Å². The lowest BCUT2D eigenvalue weighted by atomic mass is 9.79. The Morgan fingerprint density at radius 3 is 2.52 bits per heavy atom. The highest BCUT2D eigenvalue weighted by atomic mass is 32.2. The first-order valence-corrected chi connectivity index (χ1v) is 10.8. The summed E-state index contributed by atoms with van der Waals surface area (Å²) in [6, 6.07) is 15.3. The number of rotatable bonds is 4. The third-order valence-electron chi connectivity index (χ3n) is 5.23. The van der Waals surface area contributed by atoms with E-state index in [1.807, 2.05) is 4.90 Å². The van der Waals surface area contributed by atoms with Crippen molar-refractivity contribution >= 4 is 15.7 Å². The Morgan fingerprint density at radius 2 is 1.85 bits per heavy atom. The molecule has 0 radical (unpaired) electrons. The van der Waals surface area contributed by atoms with Crippen molar-refractivity contribution in [2.45, 2.75) is 37.0 Å². The number of benzene rings is 2. The van der Waals surface area contributed by atoms with Gasteiger partial charge in [-0.3, -0.25) is 4.79 Å². The Bertz CT molecular complexity index is 923. The van der Waals surface area contributed by atoms with E-state index in [1.165, 1.54) is 0 Å². The number of hydrogen-bond acceptors (Lipinski definition) is 4. The second-order valence-corrected chi connectivity index (χ2v) is 9.87. The molecule has 0 saturated carbocycles. The molecule has 1 aliphatic rings. The third kappa shape index (κ3) is 4.39. The molecule has 1 aliphatic heterocycles. The van der Waals surface area contributed by atoms with Crippen LogP contribution in [0.4, 0.5) is 0 Å². The lowest BCUT2D eigenvalue weighted by Crippen LogP contribution is -2.54. The SMILES string of the molecule is CC1(C)CN(C(=O)c2cccc(CS(=O)(=O)c3ccccc3)c2)CCC1N. The average molecular weight is 387 g/mol. The van der Waals surface area contributed by atoms with Crippen molar-refractivity contribution in [1.29, 1.82) is 0 Å². The summed E-state index contributed by atoms with van der Waals surface area (Å²) >= 11 is 0. The van der Waals surface area contributed by atoms with Gasteiger partial charge in [-0.25, -0.2) is 8.42 Å². The van der Waals surface area contributed by atoms with Crippen LogP contribution in [0, 0.1) is 5.41 Å². The van der Waals surface area contributed by atoms with Gasteiger partial charge < -0.3 is 10.6 Å². The lowest BCUT2D eigenvalue weighted by Gasteiger charge is -2.42. The second-order valence-electron chi connectivity index (χ2n) is 7.88. The summed E-state index contributed by atoms with van der Waals surface area (Å²) in [6.07, 6.45) is 0.765. The number of piperidine rings is 1. The molecule has 2 aromatic carbocycles. The Hall–Kier alpha value is -2.18. The molecule has 1 saturated heterocycles. The van der Waals surface area contributed by atoms with E-state index in [0.717, 1.165) is 6.42 Å². The molecule has 0 bridgehead atoms. The molecule has 144 valence electrons. The molecule has 1 unspecified atom stereocenters. The van der Waals surface area contributed by atoms with E-state index in [2.05, 4.69) is 13.8 Å². The first kappa shape index (κ1) is 19.6. The Balaban J connectivity index is 1.79. The van der Waals surface area contributed by atoms with Crippen molar-refractivity contribution in [1.82, 2.24) is 4.90 Å². The highest BCUT2D eigenvalue weighted by Gasteiger charge is 2.35. The fourth-order valence-electron chi connectivity index (χ4n) is 3.45. The molecule has 2 aromatic rings. The summed E-state index contributed by atoms with van der Waals surface area (Å²) in [4.78, 5) is 15.0. The van der Waals surface area contributed by atoms with Crippen LogP contribution in [0.5, 0.6) is 0 Å². The molecule has 1 amide bonds. The van der Waals surface area contributed by atoms with Crippen molar-refractivity contribution in [3.8, 4) is 0 Å². The maximum absolute atomic E-state index is 12.9. The zero-order chi connectivity index (χ0) is 19.7. The van der Waals surface area contributed by atoms with Crippen molar-refractivity contribution in [3.05, 3.63) is 65.7 Å². The standard InChI is InChI=1S/C21H26N2O3S/c1-21(2)15-23(12-11-19(21)22)20(24)17-8-6-7-16(13-17)14-27(25,26)18-9-4-3-5-10-18/h3-10,13,19H,11-12,14-15,22H2,1-2H3. The van der Waals surface area contributed by atoms with Gasteiger partial charge in [0.1, 0.15) is 0 Å². The van der Waals surface area contributed by atoms with Crippen molar-refractivity contribution in [3.63, 3.8) is 0 Å². The molecule has 5 nitrogen and oxygen atoms in total. The molecule has 6 heteroatoms. The fourth-order valence-corrected chi connectivity index (χ4v) is 4.81. The van der Waals surface area contributed by atoms with Crippen molar-refractivity contribution < 1.29 is 13.2 Å². The summed E-state index contributed by atoms with van der Waals surface area (Å²) in [5, 5.41) is 0. The van der Waals surface area contributed by atoms with Crippen LogP contribution >= 0.6 is 0 Å². The molecule has 1 fully saturated rings. The number of likely N-dealkylation sites (tertiary alicyclic amines) is 1. The number of nitrogens with two attached hydrogens (primary N) is 1. The van der Waals surface area contributed by atoms with Gasteiger partial charge in [0.25, 0.3) is 5.91 Å². The quantitative estimate of drug-likeness (QED) is 0.876. The van der Waals surface area contributed by atoms with Crippen LogP contribution in [0.3, 0.4) is 0 Å². The first-order chi connectivity index (χ1) is 12.7. The molecule has 0 spiro atoms. The topological polar surface area (TPSA) is 80.5 Å². The van der Waals surface area contributed by atoms with Crippen LogP contribution in [-0.4, -0.2) is 38.4 Å². The lowest BCUT2D eigenvalue weighted by molar-refractivity contribution is 0.0533. The zero-order valence-corrected chi connectivity index (χ0v) is 16.6. The predicted molar refractivity (Wildman–Crippen MR) is 106 cm³/mol. The number of nitrogens with zero attached hydrogens (tertiary/aromatic N) is 1. The Morgan fingerprint density at radius 1 is 1.15 bits per heavy atom. The van der Waals surface area contributed by atoms with Crippen LogP contribution < -0.4 is 5.73 Å². The van der Waals surface area contributed by atoms with Crippen LogP contribution in [0.15, 0.2) is 59.5 Å². The maximum atomic E-state index is 12.9. The number of amides is 1. The van der Waals surface area contributed by atoms with Gasteiger partial charge in [0.15, 0.2) is 9.84 Å². The van der Waals surface area contributed by atoms with Crippen LogP contribution in [0.1, 0.15) is 36.2 Å². The Labute approximate surface area is 161 Å². The summed E-state index contributed by atoms with van der Waals surface area (Å²) in [5.74, 6) is -0.206. The molecular weight excluding hydrogens is 360 g/mol. The van der Waals surface area contributed by atoms with E-state index in [0.29, 0.717) is 24.2 Å². The van der Waals surface area contributed by atoms with E-state index in [4.69, 9.17) is 5.73 Å². The highest BCUT2D eigenvalue weighted by molar-refractivity contribution is 7.90. The summed E-state index contributed by atoms with van der Waals surface area (Å²) in [7, 11) is -3.45. The van der Waals surface area contributed by atoms with Crippen molar-refractivity contribution in [2.75, 3.05) is 13.1 Å². The average Bonchev–Trinajstić information content (AvgIpc) is 2.64. The third-order valence-corrected chi connectivity index (χ3v) is 6.94. The van der Waals surface area contributed by atoms with Crippen LogP contribution in [-0.2, 0) is 15.6 Å². The Kier molecular flexibility index (Phi) is 5.40. The fraction of sp³-hybridized carbons (Fsp3) is 0.381. The number of carbonyl (C=O) groups is 1. The minimum absolute atomic E-state index is 0.0731. The maximum Gasteiger partial charge on any atom is 0.253 e. The minimum atomic E-state index is -3.45. The number of carbonyl (C=O) groups excluding carboxylic acids is 1. The smallest absolute Gasteiger partial charge is 0.253 e. The minimum Gasteiger partial charge on any atom is -0.338 e. The second kappa shape index (κ2) is 7.44. The van der Waals surface area contributed by atoms with E-state index in [9.17, 15) is 13.2 Å². The van der Waals surface area contributed by atoms with E-state index >= 15 is 0 Å². The van der Waals surface area contributed by atoms with Gasteiger partial charge in [-0.05, 0) is 41.7 Å². The van der Waals surface area contributed by atoms with Gasteiger partial charge in [-0.1, -0.05) is 44.2 Å². The van der Waals surface area contributed by atoms with Crippen LogP contribution in [0.25, 0.3) is 0 Å². The summed E-state index contributed by atoms with van der Waals surface area (Å²) in [6.45, 7) is 5.36.